The van der Waals surface area contributed by atoms with Crippen molar-refractivity contribution < 1.29 is 9.90 Å². The second kappa shape index (κ2) is 5.41. The molecule has 0 radical (unpaired) electrons. The van der Waals surface area contributed by atoms with E-state index in [1.807, 2.05) is 6.92 Å². The van der Waals surface area contributed by atoms with E-state index >= 15 is 0 Å². The third kappa shape index (κ3) is 2.49. The Morgan fingerprint density at radius 3 is 2.95 bits per heavy atom. The zero-order chi connectivity index (χ0) is 15.0. The van der Waals surface area contributed by atoms with E-state index in [0.717, 1.165) is 12.2 Å². The van der Waals surface area contributed by atoms with Gasteiger partial charge in [-0.2, -0.15) is 9.47 Å². The lowest BCUT2D eigenvalue weighted by molar-refractivity contribution is 0.0693. The van der Waals surface area contributed by atoms with Gasteiger partial charge in [0, 0.05) is 24.6 Å². The van der Waals surface area contributed by atoms with Gasteiger partial charge in [0.15, 0.2) is 9.99 Å². The first-order valence-electron chi connectivity index (χ1n) is 6.14. The molecular formula is C12H11N5O2S2. The molecule has 0 saturated carbocycles. The average Bonchev–Trinajstić information content (AvgIpc) is 3.06. The summed E-state index contributed by atoms with van der Waals surface area (Å²) in [4.78, 5) is 20.5. The van der Waals surface area contributed by atoms with Gasteiger partial charge in [-0.05, 0) is 11.5 Å². The second-order valence-electron chi connectivity index (χ2n) is 4.24. The van der Waals surface area contributed by atoms with Crippen LogP contribution in [0.3, 0.4) is 0 Å². The van der Waals surface area contributed by atoms with Gasteiger partial charge in [-0.25, -0.2) is 14.8 Å². The monoisotopic (exact) mass is 321 g/mol. The average molecular weight is 321 g/mol. The molecule has 0 bridgehead atoms. The van der Waals surface area contributed by atoms with Gasteiger partial charge in [-0.15, -0.1) is 0 Å². The van der Waals surface area contributed by atoms with E-state index in [-0.39, 0.29) is 5.56 Å². The number of aryl methyl sites for hydroxylation is 2. The summed E-state index contributed by atoms with van der Waals surface area (Å²) in [6.07, 6.45) is 3.73. The number of pyridine rings is 1. The molecule has 0 aromatic carbocycles. The van der Waals surface area contributed by atoms with Crippen molar-refractivity contribution in [3.8, 4) is 0 Å². The molecule has 0 spiro atoms. The maximum atomic E-state index is 11.4. The number of fused-ring (bicyclic) bond motifs is 1. The Morgan fingerprint density at radius 1 is 1.48 bits per heavy atom. The van der Waals surface area contributed by atoms with Crippen LogP contribution in [0.25, 0.3) is 11.0 Å². The van der Waals surface area contributed by atoms with Crippen LogP contribution >= 0.6 is 23.3 Å². The molecule has 9 heteroatoms. The Bertz CT molecular complexity index is 826. The van der Waals surface area contributed by atoms with Gasteiger partial charge in [-0.1, -0.05) is 18.7 Å². The quantitative estimate of drug-likeness (QED) is 0.787. The second-order valence-corrected chi connectivity index (χ2v) is 6.25. The highest BCUT2D eigenvalue weighted by Crippen LogP contribution is 2.36. The van der Waals surface area contributed by atoms with Crippen molar-refractivity contribution in [2.75, 3.05) is 0 Å². The van der Waals surface area contributed by atoms with Crippen LogP contribution in [0.15, 0.2) is 21.6 Å². The summed E-state index contributed by atoms with van der Waals surface area (Å²) in [5, 5.41) is 14.2. The first-order chi connectivity index (χ1) is 10.1. The number of rotatable bonds is 4. The van der Waals surface area contributed by atoms with Crippen LogP contribution in [-0.2, 0) is 13.5 Å². The fourth-order valence-corrected chi connectivity index (χ4v) is 3.69. The molecule has 0 amide bonds. The predicted molar refractivity (Wildman–Crippen MR) is 78.9 cm³/mol. The molecule has 3 aromatic heterocycles. The number of hydrogen-bond acceptors (Lipinski definition) is 7. The number of carbonyl (C=O) groups is 1. The van der Waals surface area contributed by atoms with E-state index < -0.39 is 5.97 Å². The Balaban J connectivity index is 2.13. The summed E-state index contributed by atoms with van der Waals surface area (Å²) in [6, 6.07) is 0. The Labute approximate surface area is 128 Å². The molecule has 3 rings (SSSR count). The predicted octanol–water partition coefficient (Wildman–Crippen LogP) is 2.23. The SMILES string of the molecule is CCc1nsc(Sc2c(C(=O)O)cnc3c2cnn3C)n1. The van der Waals surface area contributed by atoms with Crippen LogP contribution in [0.2, 0.25) is 0 Å². The maximum Gasteiger partial charge on any atom is 0.338 e. The summed E-state index contributed by atoms with van der Waals surface area (Å²) < 4.78 is 6.54. The first kappa shape index (κ1) is 14.0. The van der Waals surface area contributed by atoms with E-state index in [1.165, 1.54) is 29.5 Å². The van der Waals surface area contributed by atoms with Gasteiger partial charge in [0.2, 0.25) is 0 Å². The van der Waals surface area contributed by atoms with Crippen molar-refractivity contribution in [1.82, 2.24) is 24.1 Å². The molecule has 21 heavy (non-hydrogen) atoms. The van der Waals surface area contributed by atoms with Crippen molar-refractivity contribution in [3.63, 3.8) is 0 Å². The Hall–Kier alpha value is -2.00. The first-order valence-corrected chi connectivity index (χ1v) is 7.73. The lowest BCUT2D eigenvalue weighted by Crippen LogP contribution is -2.01. The van der Waals surface area contributed by atoms with Crippen LogP contribution in [0.4, 0.5) is 0 Å². The fourth-order valence-electron chi connectivity index (χ4n) is 1.85. The van der Waals surface area contributed by atoms with Crippen LogP contribution in [0.5, 0.6) is 0 Å². The largest absolute Gasteiger partial charge is 0.478 e. The van der Waals surface area contributed by atoms with E-state index in [2.05, 4.69) is 19.4 Å². The summed E-state index contributed by atoms with van der Waals surface area (Å²) in [5.41, 5.74) is 0.788. The Kier molecular flexibility index (Phi) is 3.60. The normalized spacial score (nSPS) is 11.1. The highest BCUT2D eigenvalue weighted by molar-refractivity contribution is 8.01. The van der Waals surface area contributed by atoms with Gasteiger partial charge in [0.1, 0.15) is 5.82 Å². The third-order valence-corrected chi connectivity index (χ3v) is 4.83. The lowest BCUT2D eigenvalue weighted by atomic mass is 10.2. The summed E-state index contributed by atoms with van der Waals surface area (Å²) >= 11 is 2.56. The smallest absolute Gasteiger partial charge is 0.338 e. The molecule has 0 aliphatic carbocycles. The Morgan fingerprint density at radius 2 is 2.29 bits per heavy atom. The molecule has 0 unspecified atom stereocenters. The van der Waals surface area contributed by atoms with Gasteiger partial charge in [-0.3, -0.25) is 4.68 Å². The highest BCUT2D eigenvalue weighted by atomic mass is 32.2. The molecule has 1 N–H and O–H groups in total. The highest BCUT2D eigenvalue weighted by Gasteiger charge is 2.19. The molecule has 0 atom stereocenters. The number of aromatic nitrogens is 5. The summed E-state index contributed by atoms with van der Waals surface area (Å²) in [6.45, 7) is 1.98. The minimum atomic E-state index is -1.02. The topological polar surface area (TPSA) is 93.8 Å². The molecule has 3 aromatic rings. The number of aromatic carboxylic acids is 1. The van der Waals surface area contributed by atoms with Crippen molar-refractivity contribution in [1.29, 1.82) is 0 Å². The molecule has 0 aliphatic rings. The van der Waals surface area contributed by atoms with E-state index in [9.17, 15) is 9.90 Å². The molecule has 0 aliphatic heterocycles. The zero-order valence-corrected chi connectivity index (χ0v) is 12.9. The summed E-state index contributed by atoms with van der Waals surface area (Å²) in [5.74, 6) is -0.258. The fraction of sp³-hybridized carbons (Fsp3) is 0.250. The van der Waals surface area contributed by atoms with Gasteiger partial charge in [0.05, 0.1) is 17.1 Å². The number of carboxylic acids is 1. The van der Waals surface area contributed by atoms with Crippen molar-refractivity contribution in [2.24, 2.45) is 7.05 Å². The lowest BCUT2D eigenvalue weighted by Gasteiger charge is -2.04. The van der Waals surface area contributed by atoms with Gasteiger partial charge < -0.3 is 5.11 Å². The molecule has 3 heterocycles. The van der Waals surface area contributed by atoms with Crippen LogP contribution < -0.4 is 0 Å². The van der Waals surface area contributed by atoms with Crippen molar-refractivity contribution in [2.45, 2.75) is 22.6 Å². The van der Waals surface area contributed by atoms with E-state index in [1.54, 1.807) is 17.9 Å². The van der Waals surface area contributed by atoms with Gasteiger partial charge >= 0.3 is 5.97 Å². The molecular weight excluding hydrogens is 310 g/mol. The molecule has 108 valence electrons. The van der Waals surface area contributed by atoms with Crippen LogP contribution in [0, 0.1) is 0 Å². The minimum Gasteiger partial charge on any atom is -0.478 e. The van der Waals surface area contributed by atoms with E-state index in [4.69, 9.17) is 0 Å². The van der Waals surface area contributed by atoms with Crippen molar-refractivity contribution >= 4 is 40.3 Å². The van der Waals surface area contributed by atoms with E-state index in [0.29, 0.717) is 20.3 Å². The standard InChI is InChI=1S/C12H11N5O2S2/c1-3-8-15-12(21-16-8)20-9-6-5-14-17(2)10(6)13-4-7(9)11(18)19/h4-5H,3H2,1-2H3,(H,18,19). The summed E-state index contributed by atoms with van der Waals surface area (Å²) in [7, 11) is 1.77. The van der Waals surface area contributed by atoms with Crippen molar-refractivity contribution in [3.05, 3.63) is 23.8 Å². The van der Waals surface area contributed by atoms with Gasteiger partial charge in [0.25, 0.3) is 0 Å². The zero-order valence-electron chi connectivity index (χ0n) is 11.3. The minimum absolute atomic E-state index is 0.147. The number of carboxylic acid groups (broad SMARTS) is 1. The maximum absolute atomic E-state index is 11.4. The molecule has 0 saturated heterocycles. The molecule has 0 fully saturated rings. The van der Waals surface area contributed by atoms with Crippen LogP contribution in [-0.4, -0.2) is 35.2 Å². The van der Waals surface area contributed by atoms with Crippen LogP contribution in [0.1, 0.15) is 23.1 Å². The number of nitrogens with zero attached hydrogens (tertiary/aromatic N) is 5. The molecule has 7 nitrogen and oxygen atoms in total. The third-order valence-electron chi connectivity index (χ3n) is 2.90. The number of hydrogen-bond donors (Lipinski definition) is 1.